The molecule has 5 nitrogen and oxygen atoms in total. The van der Waals surface area contributed by atoms with Crippen LogP contribution in [0.4, 0.5) is 11.4 Å². The number of anilines is 2. The molecule has 27 heavy (non-hydrogen) atoms. The smallest absolute Gasteiger partial charge is 0.251 e. The first-order chi connectivity index (χ1) is 13.0. The lowest BCUT2D eigenvalue weighted by Crippen LogP contribution is -2.30. The average molecular weight is 367 g/mol. The second-order valence-corrected chi connectivity index (χ2v) is 6.70. The molecule has 0 aromatic heterocycles. The van der Waals surface area contributed by atoms with Crippen molar-refractivity contribution in [3.8, 4) is 0 Å². The number of nitrogens with one attached hydrogen (secondary N) is 2. The lowest BCUT2D eigenvalue weighted by atomic mass is 10.2. The number of benzene rings is 2. The van der Waals surface area contributed by atoms with Crippen LogP contribution in [-0.2, 0) is 4.79 Å². The predicted octanol–water partition coefficient (Wildman–Crippen LogP) is 4.07. The van der Waals surface area contributed by atoms with Crippen LogP contribution in [0.5, 0.6) is 0 Å². The molecule has 0 saturated carbocycles. The molecule has 5 heteroatoms. The quantitative estimate of drug-likeness (QED) is 0.657. The molecule has 0 spiro atoms. The van der Waals surface area contributed by atoms with Gasteiger partial charge in [0.2, 0.25) is 5.91 Å². The van der Waals surface area contributed by atoms with E-state index in [2.05, 4.69) is 36.3 Å². The molecule has 2 amide bonds. The van der Waals surface area contributed by atoms with Gasteiger partial charge in [-0.05, 0) is 63.6 Å². The minimum Gasteiger partial charge on any atom is -0.369 e. The number of rotatable bonds is 9. The summed E-state index contributed by atoms with van der Waals surface area (Å²) in [5, 5.41) is 5.74. The molecule has 2 aromatic carbocycles. The molecule has 0 atom stereocenters. The molecule has 2 aromatic rings. The molecule has 2 rings (SSSR count). The molecule has 144 valence electrons. The van der Waals surface area contributed by atoms with Gasteiger partial charge < -0.3 is 15.5 Å². The Labute approximate surface area is 161 Å². The molecule has 0 saturated heterocycles. The highest BCUT2D eigenvalue weighted by molar-refractivity contribution is 5.94. The van der Waals surface area contributed by atoms with Crippen molar-refractivity contribution in [2.24, 2.45) is 0 Å². The van der Waals surface area contributed by atoms with Crippen LogP contribution >= 0.6 is 0 Å². The Kier molecular flexibility index (Phi) is 7.86. The zero-order chi connectivity index (χ0) is 19.6. The summed E-state index contributed by atoms with van der Waals surface area (Å²) in [5.41, 5.74) is 2.57. The van der Waals surface area contributed by atoms with Crippen LogP contribution in [0.2, 0.25) is 0 Å². The van der Waals surface area contributed by atoms with E-state index < -0.39 is 0 Å². The number of amides is 2. The highest BCUT2D eigenvalue weighted by Gasteiger charge is 2.09. The molecule has 2 N–H and O–H groups in total. The topological polar surface area (TPSA) is 61.4 Å². The first-order valence-corrected chi connectivity index (χ1v) is 9.51. The summed E-state index contributed by atoms with van der Waals surface area (Å²) in [5.74, 6) is -0.162. The van der Waals surface area contributed by atoms with Gasteiger partial charge in [-0.25, -0.2) is 0 Å². The van der Waals surface area contributed by atoms with E-state index in [1.807, 2.05) is 42.5 Å². The maximum atomic E-state index is 12.1. The molecule has 0 heterocycles. The summed E-state index contributed by atoms with van der Waals surface area (Å²) in [4.78, 5) is 26.3. The Bertz CT molecular complexity index is 727. The fourth-order valence-corrected chi connectivity index (χ4v) is 2.95. The number of carbonyl (C=O) groups is 2. The van der Waals surface area contributed by atoms with Crippen LogP contribution in [-0.4, -0.2) is 30.9 Å². The number of hydrogen-bond acceptors (Lipinski definition) is 3. The third-order valence-corrected chi connectivity index (χ3v) is 4.35. The van der Waals surface area contributed by atoms with Crippen molar-refractivity contribution in [3.05, 3.63) is 60.2 Å². The van der Waals surface area contributed by atoms with Crippen molar-refractivity contribution in [3.63, 3.8) is 0 Å². The first-order valence-electron chi connectivity index (χ1n) is 9.51. The summed E-state index contributed by atoms with van der Waals surface area (Å²) in [6.45, 7) is 7.87. The normalized spacial score (nSPS) is 10.5. The zero-order valence-corrected chi connectivity index (χ0v) is 16.4. The van der Waals surface area contributed by atoms with Gasteiger partial charge in [0.05, 0.1) is 0 Å². The third kappa shape index (κ3) is 6.44. The highest BCUT2D eigenvalue weighted by atomic mass is 16.2. The Morgan fingerprint density at radius 2 is 1.67 bits per heavy atom. The minimum absolute atomic E-state index is 0.0482. The van der Waals surface area contributed by atoms with Crippen molar-refractivity contribution < 1.29 is 9.59 Å². The molecule has 0 radical (unpaired) electrons. The second-order valence-electron chi connectivity index (χ2n) is 6.70. The summed E-state index contributed by atoms with van der Waals surface area (Å²) in [6, 6.07) is 17.4. The van der Waals surface area contributed by atoms with Crippen LogP contribution < -0.4 is 15.5 Å². The Hall–Kier alpha value is -2.82. The lowest BCUT2D eigenvalue weighted by molar-refractivity contribution is -0.116. The largest absolute Gasteiger partial charge is 0.369 e. The van der Waals surface area contributed by atoms with E-state index in [4.69, 9.17) is 0 Å². The second kappa shape index (κ2) is 10.4. The fraction of sp³-hybridized carbons (Fsp3) is 0.364. The van der Waals surface area contributed by atoms with E-state index in [1.165, 1.54) is 0 Å². The van der Waals surface area contributed by atoms with E-state index in [-0.39, 0.29) is 11.8 Å². The van der Waals surface area contributed by atoms with Crippen molar-refractivity contribution in [1.82, 2.24) is 5.32 Å². The van der Waals surface area contributed by atoms with E-state index in [0.717, 1.165) is 17.9 Å². The molecule has 0 unspecified atom stereocenters. The standard InChI is InChI=1S/C22H29N3O2/c1-4-25(17(2)3)20-14-12-19(13-15-20)24-21(26)11-8-16-23-22(27)18-9-6-5-7-10-18/h5-7,9-10,12-15,17H,4,8,11,16H2,1-3H3,(H,23,27)(H,24,26). The number of nitrogens with zero attached hydrogens (tertiary/aromatic N) is 1. The molecule has 0 aliphatic heterocycles. The molecular weight excluding hydrogens is 338 g/mol. The number of carbonyl (C=O) groups excluding carboxylic acids is 2. The maximum Gasteiger partial charge on any atom is 0.251 e. The van der Waals surface area contributed by atoms with E-state index in [9.17, 15) is 9.59 Å². The van der Waals surface area contributed by atoms with E-state index >= 15 is 0 Å². The van der Waals surface area contributed by atoms with Gasteiger partial charge in [-0.2, -0.15) is 0 Å². The van der Waals surface area contributed by atoms with Gasteiger partial charge >= 0.3 is 0 Å². The molecular formula is C22H29N3O2. The fourth-order valence-electron chi connectivity index (χ4n) is 2.95. The third-order valence-electron chi connectivity index (χ3n) is 4.35. The van der Waals surface area contributed by atoms with Gasteiger partial charge in [0.1, 0.15) is 0 Å². The van der Waals surface area contributed by atoms with Crippen LogP contribution in [0.3, 0.4) is 0 Å². The summed E-state index contributed by atoms with van der Waals surface area (Å²) >= 11 is 0. The maximum absolute atomic E-state index is 12.1. The van der Waals surface area contributed by atoms with Crippen molar-refractivity contribution in [2.45, 2.75) is 39.7 Å². The summed E-state index contributed by atoms with van der Waals surface area (Å²) < 4.78 is 0. The van der Waals surface area contributed by atoms with Crippen LogP contribution in [0.1, 0.15) is 44.0 Å². The van der Waals surface area contributed by atoms with Crippen LogP contribution in [0, 0.1) is 0 Å². The predicted molar refractivity (Wildman–Crippen MR) is 111 cm³/mol. The van der Waals surface area contributed by atoms with Gasteiger partial charge in [-0.15, -0.1) is 0 Å². The molecule has 0 fully saturated rings. The van der Waals surface area contributed by atoms with Crippen LogP contribution in [0.15, 0.2) is 54.6 Å². The highest BCUT2D eigenvalue weighted by Crippen LogP contribution is 2.20. The monoisotopic (exact) mass is 367 g/mol. The van der Waals surface area contributed by atoms with Gasteiger partial charge in [0.15, 0.2) is 0 Å². The van der Waals surface area contributed by atoms with Gasteiger partial charge in [-0.1, -0.05) is 18.2 Å². The molecule has 0 bridgehead atoms. The van der Waals surface area contributed by atoms with Crippen LogP contribution in [0.25, 0.3) is 0 Å². The average Bonchev–Trinajstić information content (AvgIpc) is 2.67. The van der Waals surface area contributed by atoms with Crippen molar-refractivity contribution in [1.29, 1.82) is 0 Å². The molecule has 0 aliphatic carbocycles. The zero-order valence-electron chi connectivity index (χ0n) is 16.4. The summed E-state index contributed by atoms with van der Waals surface area (Å²) in [6.07, 6.45) is 0.962. The van der Waals surface area contributed by atoms with Gasteiger partial charge in [-0.3, -0.25) is 9.59 Å². The van der Waals surface area contributed by atoms with Crippen molar-refractivity contribution in [2.75, 3.05) is 23.3 Å². The minimum atomic E-state index is -0.114. The number of hydrogen-bond donors (Lipinski definition) is 2. The van der Waals surface area contributed by atoms with Crippen molar-refractivity contribution >= 4 is 23.2 Å². The van der Waals surface area contributed by atoms with E-state index in [0.29, 0.717) is 31.0 Å². The molecule has 0 aliphatic rings. The van der Waals surface area contributed by atoms with Gasteiger partial charge in [0, 0.05) is 42.5 Å². The Balaban J connectivity index is 1.73. The summed E-state index contributed by atoms with van der Waals surface area (Å²) in [7, 11) is 0. The Morgan fingerprint density at radius 1 is 1.00 bits per heavy atom. The first kappa shape index (κ1) is 20.5. The van der Waals surface area contributed by atoms with Gasteiger partial charge in [0.25, 0.3) is 5.91 Å². The SMILES string of the molecule is CCN(c1ccc(NC(=O)CCCNC(=O)c2ccccc2)cc1)C(C)C. The lowest BCUT2D eigenvalue weighted by Gasteiger charge is -2.27. The van der Waals surface area contributed by atoms with E-state index in [1.54, 1.807) is 12.1 Å². The Morgan fingerprint density at radius 3 is 2.26 bits per heavy atom.